The summed E-state index contributed by atoms with van der Waals surface area (Å²) in [4.78, 5) is 0. The van der Waals surface area contributed by atoms with Gasteiger partial charge in [0.1, 0.15) is 0 Å². The number of rotatable bonds is 5. The second kappa shape index (κ2) is 6.75. The van der Waals surface area contributed by atoms with Crippen LogP contribution in [0.25, 0.3) is 0 Å². The third-order valence-electron chi connectivity index (χ3n) is 0.915. The molecule has 0 fully saturated rings. The van der Waals surface area contributed by atoms with Crippen LogP contribution in [-0.2, 0) is 9.05 Å². The minimum atomic E-state index is -0.448. The maximum absolute atomic E-state index is 8.47. The first kappa shape index (κ1) is 12.3. The van der Waals surface area contributed by atoms with Gasteiger partial charge in [0.2, 0.25) is 0 Å². The van der Waals surface area contributed by atoms with Gasteiger partial charge in [0.25, 0.3) is 0 Å². The fraction of sp³-hybridized carbons (Fsp3) is 0.857. The predicted octanol–water partition coefficient (Wildman–Crippen LogP) is 2.57. The van der Waals surface area contributed by atoms with Crippen molar-refractivity contribution in [3.05, 3.63) is 0 Å². The summed E-state index contributed by atoms with van der Waals surface area (Å²) >= 11 is 0. The Hall–Kier alpha value is 0.270. The summed E-state index contributed by atoms with van der Waals surface area (Å²) in [5.74, 6) is 0. The molecule has 0 N–H and O–H groups in total. The second-order valence-corrected chi connectivity index (χ2v) is 6.30. The van der Waals surface area contributed by atoms with Gasteiger partial charge in [-0.3, -0.25) is 0 Å². The second-order valence-electron chi connectivity index (χ2n) is 2.63. The molecule has 5 heteroatoms. The molecular weight excluding hydrogens is 192 g/mol. The Morgan fingerprint density at radius 1 is 1.17 bits per heavy atom. The molecule has 0 aromatic heterocycles. The highest BCUT2D eigenvalue weighted by Gasteiger charge is 2.12. The van der Waals surface area contributed by atoms with Crippen LogP contribution in [0.4, 0.5) is 0 Å². The topological polar surface area (TPSA) is 42.2 Å². The Morgan fingerprint density at radius 3 is 1.83 bits per heavy atom. The van der Waals surface area contributed by atoms with Crippen LogP contribution in [0.15, 0.2) is 0 Å². The smallest absolute Gasteiger partial charge is 0.178 e. The Kier molecular flexibility index (Phi) is 6.90. The largest absolute Gasteiger partial charge is 0.329 e. The van der Waals surface area contributed by atoms with Gasteiger partial charge in [-0.25, -0.2) is 0 Å². The number of hydrogen-bond donors (Lipinski definition) is 0. The summed E-state index contributed by atoms with van der Waals surface area (Å²) in [5, 5.41) is 8.47. The molecule has 0 unspecified atom stereocenters. The van der Waals surface area contributed by atoms with Crippen molar-refractivity contribution >= 4 is 16.3 Å². The first-order valence-electron chi connectivity index (χ1n) is 3.61. The molecule has 0 bridgehead atoms. The third-order valence-corrected chi connectivity index (χ3v) is 2.23. The summed E-state index contributed by atoms with van der Waals surface area (Å²) in [7, 11) is -0.895. The molecule has 0 atom stereocenters. The van der Waals surface area contributed by atoms with E-state index < -0.39 is 16.3 Å². The minimum absolute atomic E-state index is 0.320. The lowest BCUT2D eigenvalue weighted by Gasteiger charge is -2.19. The Bertz CT molecular complexity index is 146. The van der Waals surface area contributed by atoms with Crippen molar-refractivity contribution in [3.8, 4) is 6.07 Å². The van der Waals surface area contributed by atoms with Crippen LogP contribution >= 0.6 is 16.3 Å². The standard InChI is InChI=1S/C7H15NO2P2/c1-11(2)9-7(5-6-8)10-12(3)4/h7H,5H2,1-4H3. The van der Waals surface area contributed by atoms with E-state index in [0.29, 0.717) is 6.42 Å². The molecular formula is C7H15NO2P2. The van der Waals surface area contributed by atoms with Gasteiger partial charge in [-0.2, -0.15) is 5.26 Å². The van der Waals surface area contributed by atoms with E-state index in [0.717, 1.165) is 0 Å². The van der Waals surface area contributed by atoms with E-state index in [1.165, 1.54) is 0 Å². The van der Waals surface area contributed by atoms with Gasteiger partial charge in [0.15, 0.2) is 6.29 Å². The molecule has 0 saturated carbocycles. The van der Waals surface area contributed by atoms with E-state index >= 15 is 0 Å². The van der Waals surface area contributed by atoms with Gasteiger partial charge in [0, 0.05) is 16.3 Å². The molecule has 0 amide bonds. The van der Waals surface area contributed by atoms with Crippen molar-refractivity contribution < 1.29 is 9.05 Å². The van der Waals surface area contributed by atoms with E-state index in [2.05, 4.69) is 0 Å². The molecule has 0 rings (SSSR count). The Morgan fingerprint density at radius 2 is 1.58 bits per heavy atom. The van der Waals surface area contributed by atoms with E-state index in [9.17, 15) is 0 Å². The average Bonchev–Trinajstić information content (AvgIpc) is 1.84. The highest BCUT2D eigenvalue weighted by molar-refractivity contribution is 7.51. The van der Waals surface area contributed by atoms with Gasteiger partial charge >= 0.3 is 0 Å². The van der Waals surface area contributed by atoms with Gasteiger partial charge in [-0.1, -0.05) is 0 Å². The fourth-order valence-corrected chi connectivity index (χ4v) is 1.88. The number of nitriles is 1. The van der Waals surface area contributed by atoms with Crippen molar-refractivity contribution in [1.29, 1.82) is 5.26 Å². The van der Waals surface area contributed by atoms with Crippen LogP contribution in [0.2, 0.25) is 0 Å². The predicted molar refractivity (Wildman–Crippen MR) is 53.7 cm³/mol. The van der Waals surface area contributed by atoms with Gasteiger partial charge in [-0.05, 0) is 26.7 Å². The lowest BCUT2D eigenvalue weighted by atomic mass is 10.5. The minimum Gasteiger partial charge on any atom is -0.329 e. The van der Waals surface area contributed by atoms with Gasteiger partial charge < -0.3 is 9.05 Å². The summed E-state index contributed by atoms with van der Waals surface area (Å²) in [6.45, 7) is 7.99. The van der Waals surface area contributed by atoms with E-state index in [1.54, 1.807) is 0 Å². The van der Waals surface area contributed by atoms with Crippen LogP contribution in [0.5, 0.6) is 0 Å². The molecule has 0 saturated heterocycles. The van der Waals surface area contributed by atoms with E-state index in [4.69, 9.17) is 14.3 Å². The monoisotopic (exact) mass is 207 g/mol. The maximum Gasteiger partial charge on any atom is 0.178 e. The Balaban J connectivity index is 3.79. The summed E-state index contributed by atoms with van der Waals surface area (Å²) in [6, 6.07) is 2.05. The van der Waals surface area contributed by atoms with Gasteiger partial charge in [0.05, 0.1) is 12.5 Å². The zero-order valence-corrected chi connectivity index (χ0v) is 9.73. The summed E-state index contributed by atoms with van der Waals surface area (Å²) in [5.41, 5.74) is 0. The van der Waals surface area contributed by atoms with Crippen LogP contribution in [0, 0.1) is 11.3 Å². The highest BCUT2D eigenvalue weighted by Crippen LogP contribution is 2.36. The van der Waals surface area contributed by atoms with Crippen molar-refractivity contribution in [3.63, 3.8) is 0 Å². The van der Waals surface area contributed by atoms with Crippen molar-refractivity contribution in [2.24, 2.45) is 0 Å². The summed E-state index contributed by atoms with van der Waals surface area (Å²) < 4.78 is 10.9. The molecule has 70 valence electrons. The van der Waals surface area contributed by atoms with Crippen LogP contribution in [0.3, 0.4) is 0 Å². The first-order valence-corrected chi connectivity index (χ1v) is 7.92. The normalized spacial score (nSPS) is 11.2. The highest BCUT2D eigenvalue weighted by atomic mass is 31.1. The van der Waals surface area contributed by atoms with Crippen LogP contribution in [0.1, 0.15) is 6.42 Å². The molecule has 0 aromatic carbocycles. The third kappa shape index (κ3) is 6.95. The molecule has 0 radical (unpaired) electrons. The van der Waals surface area contributed by atoms with E-state index in [-0.39, 0.29) is 6.29 Å². The van der Waals surface area contributed by atoms with Crippen molar-refractivity contribution in [2.45, 2.75) is 12.7 Å². The molecule has 0 aromatic rings. The quantitative estimate of drug-likeness (QED) is 0.514. The summed E-state index contributed by atoms with van der Waals surface area (Å²) in [6.07, 6.45) is -0.00155. The average molecular weight is 207 g/mol. The Labute approximate surface area is 76.7 Å². The first-order chi connectivity index (χ1) is 5.56. The molecule has 12 heavy (non-hydrogen) atoms. The number of hydrogen-bond acceptors (Lipinski definition) is 3. The molecule has 0 heterocycles. The molecule has 3 nitrogen and oxygen atoms in total. The zero-order valence-electron chi connectivity index (χ0n) is 7.94. The molecule has 0 spiro atoms. The van der Waals surface area contributed by atoms with Crippen molar-refractivity contribution in [1.82, 2.24) is 0 Å². The SMILES string of the molecule is CP(C)OC(CC#N)OP(C)C. The fourth-order valence-electron chi connectivity index (χ4n) is 0.639. The molecule has 0 aliphatic carbocycles. The van der Waals surface area contributed by atoms with E-state index in [1.807, 2.05) is 32.7 Å². The lowest BCUT2D eigenvalue weighted by Crippen LogP contribution is -2.10. The van der Waals surface area contributed by atoms with Crippen LogP contribution < -0.4 is 0 Å². The maximum atomic E-state index is 8.47. The van der Waals surface area contributed by atoms with Crippen molar-refractivity contribution in [2.75, 3.05) is 26.7 Å². The lowest BCUT2D eigenvalue weighted by molar-refractivity contribution is 0.0328. The van der Waals surface area contributed by atoms with Crippen LogP contribution in [-0.4, -0.2) is 32.9 Å². The zero-order chi connectivity index (χ0) is 9.56. The molecule has 0 aliphatic heterocycles. The number of nitrogens with zero attached hydrogens (tertiary/aromatic N) is 1. The molecule has 0 aliphatic rings. The van der Waals surface area contributed by atoms with Gasteiger partial charge in [-0.15, -0.1) is 0 Å².